The van der Waals surface area contributed by atoms with Gasteiger partial charge in [-0.1, -0.05) is 119 Å². The number of alkyl halides is 3. The Morgan fingerprint density at radius 3 is 1.52 bits per heavy atom. The van der Waals surface area contributed by atoms with Gasteiger partial charge < -0.3 is 0 Å². The molecule has 4 heteroatoms. The van der Waals surface area contributed by atoms with E-state index in [1.165, 1.54) is 28.8 Å². The smallest absolute Gasteiger partial charge is 0.166 e. The van der Waals surface area contributed by atoms with Gasteiger partial charge in [-0.05, 0) is 53.5 Å². The number of hydrogen-bond donors (Lipinski definition) is 0. The molecule has 3 aromatic rings. The van der Waals surface area contributed by atoms with Gasteiger partial charge in [0.25, 0.3) is 0 Å². The molecule has 0 unspecified atom stereocenters. The fraction of sp³-hybridized carbons (Fsp3) is 0.379. The Balaban J connectivity index is 0.000000251. The number of hydrogen-bond acceptors (Lipinski definition) is 0. The van der Waals surface area contributed by atoms with Gasteiger partial charge in [0.2, 0.25) is 0 Å². The Kier molecular flexibility index (Phi) is 11.7. The minimum Gasteiger partial charge on any atom is -0.166 e. The standard InChI is InChI=1S/C10H11F3.C10H14.C9H11Cl/c1-7(2)8-5-3-4-6-9(8)10(11,12)13;1-8(2)10-6-4-5-9(3)7-10;1-7(2)8-5-3-4-6-9(8)10/h3-7H,1-2H3;4-8H,1-3H3;3-7H,1-2H3. The summed E-state index contributed by atoms with van der Waals surface area (Å²) >= 11 is 5.92. The monoisotopic (exact) mass is 476 g/mol. The van der Waals surface area contributed by atoms with Gasteiger partial charge in [0.15, 0.2) is 0 Å². The summed E-state index contributed by atoms with van der Waals surface area (Å²) in [4.78, 5) is 0. The average Bonchev–Trinajstić information content (AvgIpc) is 2.74. The fourth-order valence-electron chi connectivity index (χ4n) is 3.23. The molecule has 3 rings (SSSR count). The van der Waals surface area contributed by atoms with Crippen LogP contribution in [-0.4, -0.2) is 0 Å². The Morgan fingerprint density at radius 1 is 0.636 bits per heavy atom. The van der Waals surface area contributed by atoms with Crippen molar-refractivity contribution in [1.82, 2.24) is 0 Å². The summed E-state index contributed by atoms with van der Waals surface area (Å²) in [5.74, 6) is 1.08. The molecule has 0 N–H and O–H groups in total. The fourth-order valence-corrected chi connectivity index (χ4v) is 3.59. The molecule has 0 radical (unpaired) electrons. The lowest BCUT2D eigenvalue weighted by atomic mass is 9.97. The molecule has 0 saturated heterocycles. The van der Waals surface area contributed by atoms with Crippen LogP contribution in [0.1, 0.15) is 87.1 Å². The van der Waals surface area contributed by atoms with Crippen molar-refractivity contribution in [3.8, 4) is 0 Å². The average molecular weight is 477 g/mol. The number of benzene rings is 3. The molecule has 0 saturated carbocycles. The van der Waals surface area contributed by atoms with Crippen LogP contribution in [0.5, 0.6) is 0 Å². The third-order valence-electron chi connectivity index (χ3n) is 5.12. The lowest BCUT2D eigenvalue weighted by molar-refractivity contribution is -0.138. The van der Waals surface area contributed by atoms with Crippen LogP contribution in [0, 0.1) is 6.92 Å². The SMILES string of the molecule is CC(C)c1ccccc1C(F)(F)F.CC(C)c1ccccc1Cl.Cc1cccc(C(C)C)c1. The van der Waals surface area contributed by atoms with Crippen LogP contribution in [0.2, 0.25) is 5.02 Å². The van der Waals surface area contributed by atoms with Crippen molar-refractivity contribution < 1.29 is 13.2 Å². The highest BCUT2D eigenvalue weighted by Gasteiger charge is 2.33. The molecule has 0 aliphatic carbocycles. The normalized spacial score (nSPS) is 11.1. The van der Waals surface area contributed by atoms with Crippen molar-refractivity contribution in [3.05, 3.63) is 106 Å². The van der Waals surface area contributed by atoms with Crippen molar-refractivity contribution in [1.29, 1.82) is 0 Å². The molecular formula is C29H36ClF3. The Hall–Kier alpha value is -2.26. The second kappa shape index (κ2) is 13.4. The van der Waals surface area contributed by atoms with E-state index in [-0.39, 0.29) is 5.92 Å². The van der Waals surface area contributed by atoms with Crippen molar-refractivity contribution in [2.75, 3.05) is 0 Å². The molecule has 0 aromatic heterocycles. The van der Waals surface area contributed by atoms with E-state index in [0.29, 0.717) is 17.4 Å². The molecule has 0 spiro atoms. The van der Waals surface area contributed by atoms with E-state index >= 15 is 0 Å². The predicted molar refractivity (Wildman–Crippen MR) is 136 cm³/mol. The Labute approximate surface area is 202 Å². The van der Waals surface area contributed by atoms with Gasteiger partial charge >= 0.3 is 6.18 Å². The number of rotatable bonds is 3. The van der Waals surface area contributed by atoms with Crippen molar-refractivity contribution in [3.63, 3.8) is 0 Å². The molecule has 0 bridgehead atoms. The van der Waals surface area contributed by atoms with Crippen LogP contribution in [0.15, 0.2) is 72.8 Å². The lowest BCUT2D eigenvalue weighted by Gasteiger charge is -2.14. The van der Waals surface area contributed by atoms with E-state index < -0.39 is 11.7 Å². The van der Waals surface area contributed by atoms with E-state index in [1.807, 2.05) is 18.2 Å². The summed E-state index contributed by atoms with van der Waals surface area (Å²) in [6, 6.07) is 22.3. The van der Waals surface area contributed by atoms with E-state index in [1.54, 1.807) is 19.9 Å². The molecule has 0 nitrogen and oxygen atoms in total. The zero-order valence-electron chi connectivity index (χ0n) is 20.7. The first-order valence-electron chi connectivity index (χ1n) is 11.3. The third kappa shape index (κ3) is 10.0. The molecule has 0 aliphatic rings. The summed E-state index contributed by atoms with van der Waals surface area (Å²) in [6.45, 7) is 14.4. The van der Waals surface area contributed by atoms with E-state index in [2.05, 4.69) is 65.0 Å². The molecular weight excluding hydrogens is 441 g/mol. The second-order valence-electron chi connectivity index (χ2n) is 8.98. The van der Waals surface area contributed by atoms with Crippen molar-refractivity contribution in [2.24, 2.45) is 0 Å². The maximum atomic E-state index is 12.4. The highest BCUT2D eigenvalue weighted by molar-refractivity contribution is 6.31. The molecule has 0 amide bonds. The molecule has 33 heavy (non-hydrogen) atoms. The summed E-state index contributed by atoms with van der Waals surface area (Å²) in [5, 5.41) is 0.873. The zero-order valence-corrected chi connectivity index (χ0v) is 21.4. The summed E-state index contributed by atoms with van der Waals surface area (Å²) in [5.41, 5.74) is 3.84. The van der Waals surface area contributed by atoms with Gasteiger partial charge in [0, 0.05) is 5.02 Å². The van der Waals surface area contributed by atoms with E-state index in [0.717, 1.165) is 11.1 Å². The van der Waals surface area contributed by atoms with Crippen LogP contribution >= 0.6 is 11.6 Å². The summed E-state index contributed by atoms with van der Waals surface area (Å²) in [6.07, 6.45) is -4.24. The lowest BCUT2D eigenvalue weighted by Crippen LogP contribution is -2.09. The molecule has 0 heterocycles. The third-order valence-corrected chi connectivity index (χ3v) is 5.47. The zero-order chi connectivity index (χ0) is 25.2. The summed E-state index contributed by atoms with van der Waals surface area (Å²) in [7, 11) is 0. The largest absolute Gasteiger partial charge is 0.416 e. The highest BCUT2D eigenvalue weighted by Crippen LogP contribution is 2.34. The first-order valence-corrected chi connectivity index (χ1v) is 11.7. The molecule has 0 aliphatic heterocycles. The first kappa shape index (κ1) is 28.8. The minimum atomic E-state index is -4.24. The van der Waals surface area contributed by atoms with Gasteiger partial charge in [-0.25, -0.2) is 0 Å². The van der Waals surface area contributed by atoms with Crippen LogP contribution in [0.3, 0.4) is 0 Å². The number of aryl methyl sites for hydroxylation is 1. The van der Waals surface area contributed by atoms with Crippen LogP contribution in [0.25, 0.3) is 0 Å². The van der Waals surface area contributed by atoms with Gasteiger partial charge in [-0.2, -0.15) is 13.2 Å². The van der Waals surface area contributed by atoms with E-state index in [4.69, 9.17) is 11.6 Å². The quantitative estimate of drug-likeness (QED) is 0.352. The first-order chi connectivity index (χ1) is 15.3. The van der Waals surface area contributed by atoms with Crippen LogP contribution in [-0.2, 0) is 6.18 Å². The van der Waals surface area contributed by atoms with Gasteiger partial charge in [0.1, 0.15) is 0 Å². The van der Waals surface area contributed by atoms with Gasteiger partial charge in [-0.3, -0.25) is 0 Å². The van der Waals surface area contributed by atoms with Crippen molar-refractivity contribution in [2.45, 2.75) is 72.4 Å². The maximum absolute atomic E-state index is 12.4. The van der Waals surface area contributed by atoms with Crippen molar-refractivity contribution >= 4 is 11.6 Å². The minimum absolute atomic E-state index is 0.0992. The predicted octanol–water partition coefficient (Wildman–Crippen LogP) is 10.4. The van der Waals surface area contributed by atoms with Crippen LogP contribution < -0.4 is 0 Å². The topological polar surface area (TPSA) is 0 Å². The summed E-state index contributed by atoms with van der Waals surface area (Å²) < 4.78 is 37.2. The molecule has 0 atom stereocenters. The maximum Gasteiger partial charge on any atom is 0.416 e. The second-order valence-corrected chi connectivity index (χ2v) is 9.39. The Morgan fingerprint density at radius 2 is 1.15 bits per heavy atom. The molecule has 3 aromatic carbocycles. The Bertz CT molecular complexity index is 972. The molecule has 0 fully saturated rings. The highest BCUT2D eigenvalue weighted by atomic mass is 35.5. The number of halogens is 4. The van der Waals surface area contributed by atoms with Gasteiger partial charge in [0.05, 0.1) is 5.56 Å². The van der Waals surface area contributed by atoms with Gasteiger partial charge in [-0.15, -0.1) is 0 Å². The molecule has 180 valence electrons. The van der Waals surface area contributed by atoms with E-state index in [9.17, 15) is 13.2 Å². The van der Waals surface area contributed by atoms with Crippen LogP contribution in [0.4, 0.5) is 13.2 Å².